The number of anilines is 2. The first kappa shape index (κ1) is 17.2. The maximum Gasteiger partial charge on any atom is 0.249 e. The van der Waals surface area contributed by atoms with Crippen LogP contribution in [0.2, 0.25) is 5.02 Å². The van der Waals surface area contributed by atoms with Gasteiger partial charge in [0.1, 0.15) is 17.7 Å². The molecule has 8 heteroatoms. The zero-order valence-corrected chi connectivity index (χ0v) is 14.7. The van der Waals surface area contributed by atoms with Crippen molar-refractivity contribution >= 4 is 34.9 Å². The summed E-state index contributed by atoms with van der Waals surface area (Å²) < 4.78 is 14.5. The van der Waals surface area contributed by atoms with Crippen molar-refractivity contribution in [3.05, 3.63) is 65.4 Å². The standard InChI is InChI=1S/C19H14ClFN4O2/c20-12-3-1-11(2-4-12)15-9-17-23-18(26)10-16(25(17)24-15)19(27)22-14-7-5-13(21)6-8-14/h1-9,16H,10H2,(H,22,27)(H,23,26)/t16-/m0/s1. The molecule has 1 aliphatic heterocycles. The molecular formula is C19H14ClFN4O2. The molecule has 2 N–H and O–H groups in total. The average Bonchev–Trinajstić information content (AvgIpc) is 3.07. The monoisotopic (exact) mass is 384 g/mol. The number of halogens is 2. The molecular weight excluding hydrogens is 371 g/mol. The van der Waals surface area contributed by atoms with Gasteiger partial charge in [0.25, 0.3) is 0 Å². The number of aromatic nitrogens is 2. The number of nitrogens with zero attached hydrogens (tertiary/aromatic N) is 2. The van der Waals surface area contributed by atoms with E-state index in [2.05, 4.69) is 15.7 Å². The van der Waals surface area contributed by atoms with Crippen molar-refractivity contribution in [1.29, 1.82) is 0 Å². The van der Waals surface area contributed by atoms with Crippen molar-refractivity contribution < 1.29 is 14.0 Å². The predicted octanol–water partition coefficient (Wildman–Crippen LogP) is 3.86. The lowest BCUT2D eigenvalue weighted by Crippen LogP contribution is -2.35. The first-order valence-corrected chi connectivity index (χ1v) is 8.59. The van der Waals surface area contributed by atoms with Gasteiger partial charge in [0.05, 0.1) is 12.1 Å². The first-order chi connectivity index (χ1) is 13.0. The number of hydrogen-bond donors (Lipinski definition) is 2. The van der Waals surface area contributed by atoms with E-state index < -0.39 is 17.8 Å². The van der Waals surface area contributed by atoms with Crippen LogP contribution >= 0.6 is 11.6 Å². The van der Waals surface area contributed by atoms with Crippen LogP contribution in [0.5, 0.6) is 0 Å². The van der Waals surface area contributed by atoms with E-state index in [1.807, 2.05) is 12.1 Å². The van der Waals surface area contributed by atoms with Gasteiger partial charge in [-0.05, 0) is 36.4 Å². The van der Waals surface area contributed by atoms with Crippen LogP contribution in [0.1, 0.15) is 12.5 Å². The molecule has 0 aliphatic carbocycles. The Balaban J connectivity index is 1.63. The minimum absolute atomic E-state index is 0.0399. The first-order valence-electron chi connectivity index (χ1n) is 8.21. The summed E-state index contributed by atoms with van der Waals surface area (Å²) in [6, 6.07) is 13.4. The Bertz CT molecular complexity index is 1020. The van der Waals surface area contributed by atoms with Crippen molar-refractivity contribution in [3.8, 4) is 11.3 Å². The van der Waals surface area contributed by atoms with Gasteiger partial charge >= 0.3 is 0 Å². The minimum Gasteiger partial charge on any atom is -0.324 e. The summed E-state index contributed by atoms with van der Waals surface area (Å²) in [6.45, 7) is 0. The fraction of sp³-hybridized carbons (Fsp3) is 0.105. The van der Waals surface area contributed by atoms with Gasteiger partial charge in [-0.2, -0.15) is 5.10 Å². The quantitative estimate of drug-likeness (QED) is 0.719. The van der Waals surface area contributed by atoms with Crippen molar-refractivity contribution in [3.63, 3.8) is 0 Å². The van der Waals surface area contributed by atoms with Crippen LogP contribution in [0.3, 0.4) is 0 Å². The fourth-order valence-electron chi connectivity index (χ4n) is 2.91. The molecule has 0 radical (unpaired) electrons. The fourth-order valence-corrected chi connectivity index (χ4v) is 3.03. The van der Waals surface area contributed by atoms with Gasteiger partial charge in [0.15, 0.2) is 0 Å². The number of benzene rings is 2. The summed E-state index contributed by atoms with van der Waals surface area (Å²) in [5, 5.41) is 10.5. The number of carbonyl (C=O) groups excluding carboxylic acids is 2. The number of carbonyl (C=O) groups is 2. The Kier molecular flexibility index (Phi) is 4.37. The van der Waals surface area contributed by atoms with Crippen molar-refractivity contribution in [2.75, 3.05) is 10.6 Å². The molecule has 0 fully saturated rings. The van der Waals surface area contributed by atoms with Crippen LogP contribution in [-0.4, -0.2) is 21.6 Å². The Morgan fingerprint density at radius 3 is 2.59 bits per heavy atom. The zero-order valence-electron chi connectivity index (χ0n) is 13.9. The van der Waals surface area contributed by atoms with Crippen LogP contribution in [-0.2, 0) is 9.59 Å². The largest absolute Gasteiger partial charge is 0.324 e. The highest BCUT2D eigenvalue weighted by molar-refractivity contribution is 6.30. The van der Waals surface area contributed by atoms with E-state index in [0.717, 1.165) is 5.56 Å². The third kappa shape index (κ3) is 3.54. The predicted molar refractivity (Wildman–Crippen MR) is 100.0 cm³/mol. The molecule has 4 rings (SSSR count). The molecule has 1 aliphatic rings. The lowest BCUT2D eigenvalue weighted by Gasteiger charge is -2.23. The molecule has 0 unspecified atom stereocenters. The zero-order chi connectivity index (χ0) is 19.0. The number of rotatable bonds is 3. The van der Waals surface area contributed by atoms with Crippen LogP contribution in [0.4, 0.5) is 15.9 Å². The second kappa shape index (κ2) is 6.85. The van der Waals surface area contributed by atoms with Crippen molar-refractivity contribution in [2.45, 2.75) is 12.5 Å². The topological polar surface area (TPSA) is 76.0 Å². The molecule has 3 aromatic rings. The third-order valence-corrected chi connectivity index (χ3v) is 4.48. The smallest absolute Gasteiger partial charge is 0.249 e. The number of nitrogens with one attached hydrogen (secondary N) is 2. The Labute approximate surface area is 158 Å². The number of fused-ring (bicyclic) bond motifs is 1. The summed E-state index contributed by atoms with van der Waals surface area (Å²) in [4.78, 5) is 24.7. The van der Waals surface area contributed by atoms with Crippen LogP contribution in [0, 0.1) is 5.82 Å². The molecule has 27 heavy (non-hydrogen) atoms. The van der Waals surface area contributed by atoms with Gasteiger partial charge in [-0.3, -0.25) is 9.59 Å². The highest BCUT2D eigenvalue weighted by Gasteiger charge is 2.32. The molecule has 6 nitrogen and oxygen atoms in total. The van der Waals surface area contributed by atoms with E-state index in [1.54, 1.807) is 18.2 Å². The number of hydrogen-bond acceptors (Lipinski definition) is 3. The molecule has 0 bridgehead atoms. The summed E-state index contributed by atoms with van der Waals surface area (Å²) in [5.41, 5.74) is 1.87. The lowest BCUT2D eigenvalue weighted by molar-refractivity contribution is -0.125. The number of amides is 2. The third-order valence-electron chi connectivity index (χ3n) is 4.23. The van der Waals surface area contributed by atoms with Crippen LogP contribution < -0.4 is 10.6 Å². The molecule has 0 saturated heterocycles. The average molecular weight is 385 g/mol. The minimum atomic E-state index is -0.806. The van der Waals surface area contributed by atoms with Gasteiger partial charge in [-0.15, -0.1) is 0 Å². The molecule has 2 heterocycles. The maximum absolute atomic E-state index is 13.0. The Morgan fingerprint density at radius 1 is 1.19 bits per heavy atom. The summed E-state index contributed by atoms with van der Waals surface area (Å²) in [6.07, 6.45) is -0.0399. The van der Waals surface area contributed by atoms with Gasteiger partial charge in [0.2, 0.25) is 11.8 Å². The summed E-state index contributed by atoms with van der Waals surface area (Å²) >= 11 is 5.91. The van der Waals surface area contributed by atoms with Gasteiger partial charge in [-0.1, -0.05) is 23.7 Å². The van der Waals surface area contributed by atoms with E-state index in [9.17, 15) is 14.0 Å². The van der Waals surface area contributed by atoms with E-state index in [-0.39, 0.29) is 12.3 Å². The Morgan fingerprint density at radius 2 is 1.89 bits per heavy atom. The van der Waals surface area contributed by atoms with Crippen molar-refractivity contribution in [1.82, 2.24) is 9.78 Å². The summed E-state index contributed by atoms with van der Waals surface area (Å²) in [7, 11) is 0. The molecule has 1 aromatic heterocycles. The SMILES string of the molecule is O=C1C[C@@H](C(=O)Nc2ccc(F)cc2)n2nc(-c3ccc(Cl)cc3)cc2N1. The van der Waals surface area contributed by atoms with E-state index in [0.29, 0.717) is 22.2 Å². The van der Waals surface area contributed by atoms with E-state index >= 15 is 0 Å². The normalized spacial score (nSPS) is 15.8. The summed E-state index contributed by atoms with van der Waals surface area (Å²) in [5.74, 6) is -0.629. The lowest BCUT2D eigenvalue weighted by atomic mass is 10.1. The molecule has 0 spiro atoms. The second-order valence-electron chi connectivity index (χ2n) is 6.13. The van der Waals surface area contributed by atoms with Gasteiger partial charge in [0, 0.05) is 22.3 Å². The maximum atomic E-state index is 13.0. The highest BCUT2D eigenvalue weighted by Crippen LogP contribution is 2.30. The molecule has 0 saturated carbocycles. The van der Waals surface area contributed by atoms with Gasteiger partial charge in [-0.25, -0.2) is 9.07 Å². The highest BCUT2D eigenvalue weighted by atomic mass is 35.5. The van der Waals surface area contributed by atoms with Gasteiger partial charge < -0.3 is 10.6 Å². The molecule has 136 valence electrons. The van der Waals surface area contributed by atoms with E-state index in [1.165, 1.54) is 28.9 Å². The molecule has 1 atom stereocenters. The Hall–Kier alpha value is -3.19. The second-order valence-corrected chi connectivity index (χ2v) is 6.57. The van der Waals surface area contributed by atoms with E-state index in [4.69, 9.17) is 11.6 Å². The van der Waals surface area contributed by atoms with Crippen LogP contribution in [0.25, 0.3) is 11.3 Å². The van der Waals surface area contributed by atoms with Crippen molar-refractivity contribution in [2.24, 2.45) is 0 Å². The molecule has 2 aromatic carbocycles. The van der Waals surface area contributed by atoms with Crippen LogP contribution in [0.15, 0.2) is 54.6 Å². The molecule has 2 amide bonds.